The highest BCUT2D eigenvalue weighted by atomic mass is 16.5. The van der Waals surface area contributed by atoms with Gasteiger partial charge >= 0.3 is 0 Å². The molecule has 0 aliphatic heterocycles. The molecule has 1 aromatic heterocycles. The van der Waals surface area contributed by atoms with Crippen LogP contribution in [0.3, 0.4) is 0 Å². The average Bonchev–Trinajstić information content (AvgIpc) is 3.31. The maximum atomic E-state index is 12.9. The minimum absolute atomic E-state index is 0.146. The summed E-state index contributed by atoms with van der Waals surface area (Å²) in [5.74, 6) is 2.34. The van der Waals surface area contributed by atoms with Gasteiger partial charge in [-0.05, 0) is 30.5 Å². The summed E-state index contributed by atoms with van der Waals surface area (Å²) in [6, 6.07) is 19.0. The van der Waals surface area contributed by atoms with Crippen LogP contribution in [-0.2, 0) is 11.3 Å². The van der Waals surface area contributed by atoms with E-state index in [4.69, 9.17) is 18.7 Å². The molecule has 170 valence electrons. The van der Waals surface area contributed by atoms with Crippen LogP contribution >= 0.6 is 0 Å². The number of carbonyl (C=O) groups excluding carboxylic acids is 1. The summed E-state index contributed by atoms with van der Waals surface area (Å²) in [5, 5.41) is 6.04. The van der Waals surface area contributed by atoms with E-state index < -0.39 is 6.10 Å². The number of amides is 1. The first-order valence-corrected chi connectivity index (χ1v) is 10.4. The van der Waals surface area contributed by atoms with Crippen molar-refractivity contribution in [3.63, 3.8) is 0 Å². The van der Waals surface area contributed by atoms with E-state index in [1.54, 1.807) is 46.4 Å². The second-order valence-electron chi connectivity index (χ2n) is 7.51. The molecule has 8 heteroatoms. The molecule has 0 unspecified atom stereocenters. The van der Waals surface area contributed by atoms with Crippen LogP contribution in [-0.4, -0.2) is 48.3 Å². The molecule has 33 heavy (non-hydrogen) atoms. The van der Waals surface area contributed by atoms with Crippen molar-refractivity contribution < 1.29 is 23.5 Å². The predicted octanol–water partition coefficient (Wildman–Crippen LogP) is 4.33. The Morgan fingerprint density at radius 1 is 1.03 bits per heavy atom. The highest BCUT2D eigenvalue weighted by Crippen LogP contribution is 2.31. The van der Waals surface area contributed by atoms with Gasteiger partial charge in [0.05, 0.1) is 26.3 Å². The van der Waals surface area contributed by atoms with Crippen LogP contribution in [0.5, 0.6) is 17.2 Å². The lowest BCUT2D eigenvalue weighted by Gasteiger charge is -2.21. The molecule has 4 rings (SSSR count). The Morgan fingerprint density at radius 3 is 2.61 bits per heavy atom. The highest BCUT2D eigenvalue weighted by molar-refractivity contribution is 5.89. The molecule has 1 atom stereocenters. The fourth-order valence-corrected chi connectivity index (χ4v) is 3.54. The lowest BCUT2D eigenvalue weighted by Crippen LogP contribution is -2.37. The first-order valence-electron chi connectivity index (χ1n) is 10.4. The molecule has 0 bridgehead atoms. The number of fused-ring (bicyclic) bond motifs is 1. The SMILES string of the molecule is COc1ccc(-c2noc(CN(C)C(=O)[C@H](C)Oc3cccc4ccccc34)n2)c(OC)c1. The van der Waals surface area contributed by atoms with E-state index in [9.17, 15) is 4.79 Å². The quantitative estimate of drug-likeness (QED) is 0.397. The first kappa shape index (κ1) is 22.1. The maximum absolute atomic E-state index is 12.9. The van der Waals surface area contributed by atoms with Crippen LogP contribution < -0.4 is 14.2 Å². The van der Waals surface area contributed by atoms with Gasteiger partial charge in [0.15, 0.2) is 6.10 Å². The normalized spacial score (nSPS) is 11.8. The molecule has 0 saturated carbocycles. The van der Waals surface area contributed by atoms with E-state index in [0.717, 1.165) is 10.8 Å². The summed E-state index contributed by atoms with van der Waals surface area (Å²) < 4.78 is 22.0. The minimum Gasteiger partial charge on any atom is -0.497 e. The Hall–Kier alpha value is -4.07. The third-order valence-corrected chi connectivity index (χ3v) is 5.27. The highest BCUT2D eigenvalue weighted by Gasteiger charge is 2.23. The van der Waals surface area contributed by atoms with Crippen LogP contribution in [0.25, 0.3) is 22.2 Å². The van der Waals surface area contributed by atoms with E-state index in [1.165, 1.54) is 4.90 Å². The number of rotatable bonds is 8. The van der Waals surface area contributed by atoms with Crippen molar-refractivity contribution in [2.75, 3.05) is 21.3 Å². The largest absolute Gasteiger partial charge is 0.497 e. The standard InChI is InChI=1S/C25H25N3O5/c1-16(32-21-11-7-9-17-8-5-6-10-19(17)21)25(29)28(2)15-23-26-24(27-33-23)20-13-12-18(30-3)14-22(20)31-4/h5-14,16H,15H2,1-4H3/t16-/m0/s1. The Kier molecular flexibility index (Phi) is 6.44. The topological polar surface area (TPSA) is 86.9 Å². The van der Waals surface area contributed by atoms with Gasteiger partial charge in [0.1, 0.15) is 17.2 Å². The fraction of sp³-hybridized carbons (Fsp3) is 0.240. The van der Waals surface area contributed by atoms with Gasteiger partial charge in [-0.1, -0.05) is 41.6 Å². The summed E-state index contributed by atoms with van der Waals surface area (Å²) in [7, 11) is 4.81. The molecule has 0 saturated heterocycles. The van der Waals surface area contributed by atoms with Crippen molar-refractivity contribution in [2.24, 2.45) is 0 Å². The lowest BCUT2D eigenvalue weighted by molar-refractivity contribution is -0.137. The van der Waals surface area contributed by atoms with Gasteiger partial charge in [-0.3, -0.25) is 4.79 Å². The Bertz CT molecular complexity index is 1260. The third-order valence-electron chi connectivity index (χ3n) is 5.27. The summed E-state index contributed by atoms with van der Waals surface area (Å²) in [6.07, 6.45) is -0.690. The molecule has 4 aromatic rings. The molecule has 0 aliphatic carbocycles. The molecule has 1 amide bonds. The van der Waals surface area contributed by atoms with Gasteiger partial charge in [0.2, 0.25) is 11.7 Å². The number of ether oxygens (including phenoxy) is 3. The van der Waals surface area contributed by atoms with E-state index in [0.29, 0.717) is 34.5 Å². The van der Waals surface area contributed by atoms with Crippen LogP contribution in [0.1, 0.15) is 12.8 Å². The summed E-state index contributed by atoms with van der Waals surface area (Å²) >= 11 is 0. The van der Waals surface area contributed by atoms with Gasteiger partial charge < -0.3 is 23.6 Å². The smallest absolute Gasteiger partial charge is 0.263 e. The van der Waals surface area contributed by atoms with Crippen molar-refractivity contribution in [3.8, 4) is 28.6 Å². The van der Waals surface area contributed by atoms with Crippen molar-refractivity contribution in [1.82, 2.24) is 15.0 Å². The molecular formula is C25H25N3O5. The third kappa shape index (κ3) is 4.74. The molecular weight excluding hydrogens is 422 g/mol. The number of aromatic nitrogens is 2. The molecule has 0 aliphatic rings. The predicted molar refractivity (Wildman–Crippen MR) is 123 cm³/mol. The number of hydrogen-bond donors (Lipinski definition) is 0. The number of methoxy groups -OCH3 is 2. The molecule has 8 nitrogen and oxygen atoms in total. The monoisotopic (exact) mass is 447 g/mol. The van der Waals surface area contributed by atoms with Gasteiger partial charge in [0.25, 0.3) is 5.91 Å². The summed E-state index contributed by atoms with van der Waals surface area (Å²) in [6.45, 7) is 1.87. The second kappa shape index (κ2) is 9.60. The number of nitrogens with zero attached hydrogens (tertiary/aromatic N) is 3. The molecule has 0 spiro atoms. The van der Waals surface area contributed by atoms with Crippen molar-refractivity contribution >= 4 is 16.7 Å². The Labute approximate surface area is 191 Å². The lowest BCUT2D eigenvalue weighted by atomic mass is 10.1. The minimum atomic E-state index is -0.690. The zero-order chi connectivity index (χ0) is 23.4. The zero-order valence-electron chi connectivity index (χ0n) is 18.9. The first-order chi connectivity index (χ1) is 16.0. The van der Waals surface area contributed by atoms with Crippen molar-refractivity contribution in [1.29, 1.82) is 0 Å². The van der Waals surface area contributed by atoms with E-state index in [1.807, 2.05) is 42.5 Å². The van der Waals surface area contributed by atoms with E-state index >= 15 is 0 Å². The molecule has 0 fully saturated rings. The number of benzene rings is 3. The van der Waals surface area contributed by atoms with Crippen LogP contribution in [0.4, 0.5) is 0 Å². The fourth-order valence-electron chi connectivity index (χ4n) is 3.54. The number of likely N-dealkylation sites (N-methyl/N-ethyl adjacent to an activating group) is 1. The van der Waals surface area contributed by atoms with Crippen molar-refractivity contribution in [3.05, 3.63) is 66.6 Å². The molecule has 3 aromatic carbocycles. The van der Waals surface area contributed by atoms with Gasteiger partial charge in [-0.15, -0.1) is 0 Å². The number of hydrogen-bond acceptors (Lipinski definition) is 7. The van der Waals surface area contributed by atoms with Gasteiger partial charge in [0, 0.05) is 18.5 Å². The molecule has 0 radical (unpaired) electrons. The molecule has 1 heterocycles. The van der Waals surface area contributed by atoms with Crippen LogP contribution in [0.2, 0.25) is 0 Å². The van der Waals surface area contributed by atoms with E-state index in [-0.39, 0.29) is 12.5 Å². The zero-order valence-corrected chi connectivity index (χ0v) is 18.9. The van der Waals surface area contributed by atoms with Gasteiger partial charge in [-0.25, -0.2) is 0 Å². The van der Waals surface area contributed by atoms with Crippen molar-refractivity contribution in [2.45, 2.75) is 19.6 Å². The summed E-state index contributed by atoms with van der Waals surface area (Å²) in [4.78, 5) is 18.8. The van der Waals surface area contributed by atoms with Crippen LogP contribution in [0, 0.1) is 0 Å². The summed E-state index contributed by atoms with van der Waals surface area (Å²) in [5.41, 5.74) is 0.662. The Balaban J connectivity index is 1.45. The van der Waals surface area contributed by atoms with Gasteiger partial charge in [-0.2, -0.15) is 4.98 Å². The average molecular weight is 447 g/mol. The number of carbonyl (C=O) groups is 1. The van der Waals surface area contributed by atoms with E-state index in [2.05, 4.69) is 10.1 Å². The van der Waals surface area contributed by atoms with Crippen LogP contribution in [0.15, 0.2) is 65.2 Å². The Morgan fingerprint density at radius 2 is 1.82 bits per heavy atom. The maximum Gasteiger partial charge on any atom is 0.263 e. The molecule has 0 N–H and O–H groups in total. The second-order valence-corrected chi connectivity index (χ2v) is 7.51.